The van der Waals surface area contributed by atoms with Gasteiger partial charge in [0.15, 0.2) is 0 Å². The number of amides is 3. The molecular weight excluding hydrogens is 332 g/mol. The lowest BCUT2D eigenvalue weighted by molar-refractivity contribution is -0.139. The molecule has 2 aliphatic heterocycles. The van der Waals surface area contributed by atoms with E-state index >= 15 is 0 Å². The minimum Gasteiger partial charge on any atom is -0.335 e. The summed E-state index contributed by atoms with van der Waals surface area (Å²) in [6.07, 6.45) is 0.317. The number of rotatable bonds is 3. The molecule has 26 heavy (non-hydrogen) atoms. The zero-order valence-electron chi connectivity index (χ0n) is 15.8. The smallest absolute Gasteiger partial charge is 0.253 e. The lowest BCUT2D eigenvalue weighted by Crippen LogP contribution is -2.58. The van der Waals surface area contributed by atoms with Crippen molar-refractivity contribution in [2.75, 3.05) is 39.0 Å². The molecule has 0 unspecified atom stereocenters. The molecule has 140 valence electrons. The van der Waals surface area contributed by atoms with Crippen LogP contribution in [0.1, 0.15) is 29.8 Å². The van der Waals surface area contributed by atoms with Gasteiger partial charge in [0.2, 0.25) is 11.8 Å². The van der Waals surface area contributed by atoms with Crippen LogP contribution in [0.15, 0.2) is 18.2 Å². The quantitative estimate of drug-likeness (QED) is 0.868. The molecule has 2 heterocycles. The number of nitrogens with one attached hydrogen (secondary N) is 1. The van der Waals surface area contributed by atoms with Crippen LogP contribution in [0.5, 0.6) is 0 Å². The fourth-order valence-electron chi connectivity index (χ4n) is 3.48. The molecule has 0 spiro atoms. The van der Waals surface area contributed by atoms with E-state index in [-0.39, 0.29) is 29.8 Å². The van der Waals surface area contributed by atoms with E-state index < -0.39 is 0 Å². The second kappa shape index (κ2) is 7.07. The van der Waals surface area contributed by atoms with Crippen molar-refractivity contribution < 1.29 is 14.4 Å². The highest BCUT2D eigenvalue weighted by molar-refractivity contribution is 6.01. The lowest BCUT2D eigenvalue weighted by atomic mass is 10.1. The number of anilines is 1. The maximum Gasteiger partial charge on any atom is 0.253 e. The minimum atomic E-state index is -0.179. The van der Waals surface area contributed by atoms with Gasteiger partial charge in [-0.25, -0.2) is 0 Å². The van der Waals surface area contributed by atoms with E-state index in [0.717, 1.165) is 11.3 Å². The first-order valence-corrected chi connectivity index (χ1v) is 8.97. The fraction of sp³-hybridized carbons (Fsp3) is 0.526. The van der Waals surface area contributed by atoms with Crippen LogP contribution < -0.4 is 5.32 Å². The number of piperazine rings is 1. The average molecular weight is 358 g/mol. The van der Waals surface area contributed by atoms with Gasteiger partial charge in [-0.3, -0.25) is 19.3 Å². The maximum absolute atomic E-state index is 12.9. The number of likely N-dealkylation sites (N-methyl/N-ethyl adjacent to an activating group) is 1. The molecule has 7 nitrogen and oxygen atoms in total. The van der Waals surface area contributed by atoms with Gasteiger partial charge in [-0.05, 0) is 51.7 Å². The van der Waals surface area contributed by atoms with E-state index in [9.17, 15) is 14.4 Å². The number of fused-ring (bicyclic) bond motifs is 1. The van der Waals surface area contributed by atoms with Gasteiger partial charge < -0.3 is 15.1 Å². The van der Waals surface area contributed by atoms with Crippen LogP contribution in [0, 0.1) is 0 Å². The lowest BCUT2D eigenvalue weighted by Gasteiger charge is -2.41. The Morgan fingerprint density at radius 2 is 2.00 bits per heavy atom. The van der Waals surface area contributed by atoms with E-state index in [2.05, 4.69) is 5.32 Å². The molecule has 3 rings (SSSR count). The maximum atomic E-state index is 12.9. The van der Waals surface area contributed by atoms with Crippen molar-refractivity contribution in [2.45, 2.75) is 32.4 Å². The van der Waals surface area contributed by atoms with E-state index in [1.807, 2.05) is 37.7 Å². The molecule has 7 heteroatoms. The minimum absolute atomic E-state index is 0.0275. The summed E-state index contributed by atoms with van der Waals surface area (Å²) in [4.78, 5) is 42.5. The van der Waals surface area contributed by atoms with Gasteiger partial charge in [-0.15, -0.1) is 0 Å². The monoisotopic (exact) mass is 358 g/mol. The highest BCUT2D eigenvalue weighted by atomic mass is 16.2. The summed E-state index contributed by atoms with van der Waals surface area (Å²) in [6, 6.07) is 5.13. The number of carbonyl (C=O) groups is 3. The van der Waals surface area contributed by atoms with Crippen LogP contribution in [0.3, 0.4) is 0 Å². The van der Waals surface area contributed by atoms with Crippen LogP contribution in [-0.2, 0) is 16.0 Å². The number of hydrogen-bond donors (Lipinski definition) is 1. The Hall–Kier alpha value is -2.41. The van der Waals surface area contributed by atoms with Gasteiger partial charge in [-0.2, -0.15) is 0 Å². The van der Waals surface area contributed by atoms with Crippen LogP contribution in [-0.4, -0.2) is 78.2 Å². The van der Waals surface area contributed by atoms with E-state index in [1.165, 1.54) is 0 Å². The second-order valence-electron chi connectivity index (χ2n) is 7.37. The Labute approximate surface area is 153 Å². The zero-order chi connectivity index (χ0) is 19.0. The third-order valence-corrected chi connectivity index (χ3v) is 5.31. The summed E-state index contributed by atoms with van der Waals surface area (Å²) in [5.74, 6) is 0.00355. The summed E-state index contributed by atoms with van der Waals surface area (Å²) in [5, 5.41) is 2.78. The highest BCUT2D eigenvalue weighted by Crippen LogP contribution is 2.25. The predicted molar refractivity (Wildman–Crippen MR) is 99.0 cm³/mol. The fourth-order valence-corrected chi connectivity index (χ4v) is 3.48. The standard InChI is InChI=1S/C19H26N4O3/c1-12-11-22(7-8-23(12)18(25)13(2)21(3)4)19(26)14-5-6-16-15(9-14)10-17(24)20-16/h5-6,9,12-13H,7-8,10-11H2,1-4H3,(H,20,24)/t12-,13-/m1/s1. The Kier molecular flexibility index (Phi) is 5.00. The zero-order valence-corrected chi connectivity index (χ0v) is 15.8. The van der Waals surface area contributed by atoms with E-state index in [4.69, 9.17) is 0 Å². The number of benzene rings is 1. The number of carbonyl (C=O) groups excluding carboxylic acids is 3. The first-order valence-electron chi connectivity index (χ1n) is 8.97. The third kappa shape index (κ3) is 3.44. The average Bonchev–Trinajstić information content (AvgIpc) is 2.98. The topological polar surface area (TPSA) is 73.0 Å². The third-order valence-electron chi connectivity index (χ3n) is 5.31. The van der Waals surface area contributed by atoms with Gasteiger partial charge in [0.25, 0.3) is 5.91 Å². The van der Waals surface area contributed by atoms with Crippen molar-refractivity contribution in [3.8, 4) is 0 Å². The van der Waals surface area contributed by atoms with Gasteiger partial charge >= 0.3 is 0 Å². The van der Waals surface area contributed by atoms with Crippen molar-refractivity contribution in [3.63, 3.8) is 0 Å². The molecule has 0 bridgehead atoms. The molecule has 2 atom stereocenters. The van der Waals surface area contributed by atoms with Crippen molar-refractivity contribution >= 4 is 23.4 Å². The van der Waals surface area contributed by atoms with Crippen LogP contribution in [0.4, 0.5) is 5.69 Å². The van der Waals surface area contributed by atoms with Gasteiger partial charge in [0.05, 0.1) is 12.5 Å². The SMILES string of the molecule is C[C@H](C(=O)N1CCN(C(=O)c2ccc3c(c2)CC(=O)N3)C[C@H]1C)N(C)C. The molecule has 0 aliphatic carbocycles. The summed E-state index contributed by atoms with van der Waals surface area (Å²) in [7, 11) is 3.78. The normalized spacial score (nSPS) is 20.8. The predicted octanol–water partition coefficient (Wildman–Crippen LogP) is 0.804. The van der Waals surface area contributed by atoms with Crippen molar-refractivity contribution in [1.82, 2.24) is 14.7 Å². The molecular formula is C19H26N4O3. The summed E-state index contributed by atoms with van der Waals surface area (Å²) in [5.41, 5.74) is 2.24. The van der Waals surface area contributed by atoms with Gasteiger partial charge in [0, 0.05) is 36.9 Å². The van der Waals surface area contributed by atoms with Crippen molar-refractivity contribution in [3.05, 3.63) is 29.3 Å². The van der Waals surface area contributed by atoms with Gasteiger partial charge in [-0.1, -0.05) is 0 Å². The first kappa shape index (κ1) is 18.4. The molecule has 0 saturated carbocycles. The Bertz CT molecular complexity index is 746. The molecule has 1 fully saturated rings. The summed E-state index contributed by atoms with van der Waals surface area (Å²) in [6.45, 7) is 5.44. The van der Waals surface area contributed by atoms with Crippen LogP contribution in [0.2, 0.25) is 0 Å². The molecule has 2 aliphatic rings. The summed E-state index contributed by atoms with van der Waals surface area (Å²) >= 11 is 0. The molecule has 1 saturated heterocycles. The van der Waals surface area contributed by atoms with Gasteiger partial charge in [0.1, 0.15) is 0 Å². The molecule has 1 aromatic rings. The van der Waals surface area contributed by atoms with Crippen molar-refractivity contribution in [1.29, 1.82) is 0 Å². The Balaban J connectivity index is 1.67. The number of hydrogen-bond acceptors (Lipinski definition) is 4. The van der Waals surface area contributed by atoms with E-state index in [1.54, 1.807) is 23.1 Å². The van der Waals surface area contributed by atoms with E-state index in [0.29, 0.717) is 31.6 Å². The molecule has 0 radical (unpaired) electrons. The summed E-state index contributed by atoms with van der Waals surface area (Å²) < 4.78 is 0. The van der Waals surface area contributed by atoms with Crippen LogP contribution in [0.25, 0.3) is 0 Å². The Morgan fingerprint density at radius 3 is 2.65 bits per heavy atom. The molecule has 1 aromatic carbocycles. The molecule has 0 aromatic heterocycles. The second-order valence-corrected chi connectivity index (χ2v) is 7.37. The number of nitrogens with zero attached hydrogens (tertiary/aromatic N) is 3. The van der Waals surface area contributed by atoms with Crippen LogP contribution >= 0.6 is 0 Å². The molecule has 3 amide bonds. The van der Waals surface area contributed by atoms with Crippen molar-refractivity contribution in [2.24, 2.45) is 0 Å². The Morgan fingerprint density at radius 1 is 1.27 bits per heavy atom. The highest BCUT2D eigenvalue weighted by Gasteiger charge is 2.33. The largest absolute Gasteiger partial charge is 0.335 e. The first-order chi connectivity index (χ1) is 12.3. The molecule has 1 N–H and O–H groups in total.